The number of nitrogens with one attached hydrogen (secondary N) is 1. The smallest absolute Gasteiger partial charge is 0.273 e. The zero-order valence-corrected chi connectivity index (χ0v) is 12.8. The summed E-state index contributed by atoms with van der Waals surface area (Å²) >= 11 is 0. The summed E-state index contributed by atoms with van der Waals surface area (Å²) in [6.45, 7) is 0.788. The predicted octanol–water partition coefficient (Wildman–Crippen LogP) is 1.47. The lowest BCUT2D eigenvalue weighted by atomic mass is 9.98. The van der Waals surface area contributed by atoms with Crippen molar-refractivity contribution in [2.45, 2.75) is 37.8 Å². The van der Waals surface area contributed by atoms with Gasteiger partial charge in [-0.3, -0.25) is 4.79 Å². The molecule has 1 aliphatic carbocycles. The van der Waals surface area contributed by atoms with Crippen molar-refractivity contribution in [2.75, 3.05) is 6.54 Å². The lowest BCUT2D eigenvalue weighted by Gasteiger charge is -2.28. The number of rotatable bonds is 5. The molecule has 1 saturated carbocycles. The maximum Gasteiger partial charge on any atom is 0.273 e. The van der Waals surface area contributed by atoms with Crippen LogP contribution >= 0.6 is 0 Å². The van der Waals surface area contributed by atoms with Gasteiger partial charge in [-0.25, -0.2) is 9.07 Å². The Hall–Kier alpha value is -2.28. The molecule has 0 atom stereocenters. The van der Waals surface area contributed by atoms with Gasteiger partial charge >= 0.3 is 0 Å². The molecule has 1 aliphatic rings. The van der Waals surface area contributed by atoms with Gasteiger partial charge < -0.3 is 11.1 Å². The normalized spacial score (nSPS) is 16.4. The number of carbonyl (C=O) groups is 1. The quantitative estimate of drug-likeness (QED) is 0.874. The summed E-state index contributed by atoms with van der Waals surface area (Å²) in [7, 11) is 0. The summed E-state index contributed by atoms with van der Waals surface area (Å²) in [5.41, 5.74) is 6.52. The molecule has 3 rings (SSSR count). The highest BCUT2D eigenvalue weighted by Gasteiger charge is 2.34. The maximum atomic E-state index is 13.2. The molecule has 1 heterocycles. The first-order valence-electron chi connectivity index (χ1n) is 7.77. The van der Waals surface area contributed by atoms with Crippen molar-refractivity contribution in [2.24, 2.45) is 5.73 Å². The highest BCUT2D eigenvalue weighted by atomic mass is 19.1. The number of aromatic nitrogens is 3. The molecule has 0 bridgehead atoms. The number of carbonyl (C=O) groups excluding carboxylic acids is 1. The molecule has 1 aromatic carbocycles. The van der Waals surface area contributed by atoms with E-state index in [1.54, 1.807) is 18.3 Å². The van der Waals surface area contributed by atoms with Crippen molar-refractivity contribution in [3.05, 3.63) is 47.5 Å². The van der Waals surface area contributed by atoms with Gasteiger partial charge in [-0.2, -0.15) is 0 Å². The molecule has 0 aliphatic heterocycles. The fourth-order valence-corrected chi connectivity index (χ4v) is 3.04. The van der Waals surface area contributed by atoms with E-state index in [0.29, 0.717) is 13.1 Å². The number of nitrogens with zero attached hydrogens (tertiary/aromatic N) is 3. The van der Waals surface area contributed by atoms with Gasteiger partial charge in [0, 0.05) is 6.54 Å². The third-order valence-electron chi connectivity index (χ3n) is 4.33. The average molecular weight is 317 g/mol. The van der Waals surface area contributed by atoms with Crippen LogP contribution in [0, 0.1) is 5.82 Å². The van der Waals surface area contributed by atoms with Crippen molar-refractivity contribution in [1.82, 2.24) is 20.3 Å². The molecule has 122 valence electrons. The number of halogens is 1. The molecule has 1 fully saturated rings. The van der Waals surface area contributed by atoms with Crippen molar-refractivity contribution >= 4 is 5.91 Å². The van der Waals surface area contributed by atoms with Crippen LogP contribution < -0.4 is 11.1 Å². The molecule has 0 saturated heterocycles. The van der Waals surface area contributed by atoms with Crippen molar-refractivity contribution in [3.8, 4) is 0 Å². The second-order valence-electron chi connectivity index (χ2n) is 6.08. The van der Waals surface area contributed by atoms with E-state index in [-0.39, 0.29) is 23.0 Å². The minimum absolute atomic E-state index is 0.251. The monoisotopic (exact) mass is 317 g/mol. The van der Waals surface area contributed by atoms with Crippen LogP contribution in [0.15, 0.2) is 30.5 Å². The minimum Gasteiger partial charge on any atom is -0.344 e. The zero-order chi connectivity index (χ0) is 16.3. The largest absolute Gasteiger partial charge is 0.344 e. The Morgan fingerprint density at radius 2 is 2.17 bits per heavy atom. The molecule has 23 heavy (non-hydrogen) atoms. The third-order valence-corrected chi connectivity index (χ3v) is 4.33. The first kappa shape index (κ1) is 15.6. The Labute approximate surface area is 133 Å². The second kappa shape index (κ2) is 6.45. The minimum atomic E-state index is -0.316. The van der Waals surface area contributed by atoms with Gasteiger partial charge in [-0.05, 0) is 30.5 Å². The summed E-state index contributed by atoms with van der Waals surface area (Å²) in [5.74, 6) is -0.561. The highest BCUT2D eigenvalue weighted by Crippen LogP contribution is 2.28. The number of nitrogens with two attached hydrogens (primary N) is 1. The predicted molar refractivity (Wildman–Crippen MR) is 83.2 cm³/mol. The summed E-state index contributed by atoms with van der Waals surface area (Å²) in [4.78, 5) is 12.3. The Kier molecular flexibility index (Phi) is 4.38. The van der Waals surface area contributed by atoms with E-state index in [4.69, 9.17) is 5.73 Å². The van der Waals surface area contributed by atoms with Gasteiger partial charge in [0.1, 0.15) is 5.82 Å². The fourth-order valence-electron chi connectivity index (χ4n) is 3.04. The van der Waals surface area contributed by atoms with Gasteiger partial charge in [0.2, 0.25) is 0 Å². The van der Waals surface area contributed by atoms with E-state index in [2.05, 4.69) is 15.6 Å². The van der Waals surface area contributed by atoms with Crippen LogP contribution in [0.25, 0.3) is 0 Å². The van der Waals surface area contributed by atoms with E-state index in [1.807, 2.05) is 0 Å². The molecule has 2 aromatic rings. The van der Waals surface area contributed by atoms with Gasteiger partial charge in [-0.15, -0.1) is 5.10 Å². The van der Waals surface area contributed by atoms with E-state index >= 15 is 0 Å². The SMILES string of the molecule is NCC1(NC(=O)c2cn(Cc3cccc(F)c3)nn2)CCCC1. The van der Waals surface area contributed by atoms with Crippen LogP contribution in [0.2, 0.25) is 0 Å². The lowest BCUT2D eigenvalue weighted by Crippen LogP contribution is -2.51. The molecule has 0 unspecified atom stereocenters. The maximum absolute atomic E-state index is 13.2. The van der Waals surface area contributed by atoms with Crippen LogP contribution in [-0.2, 0) is 6.54 Å². The van der Waals surface area contributed by atoms with Crippen molar-refractivity contribution in [1.29, 1.82) is 0 Å². The Balaban J connectivity index is 1.67. The molecular formula is C16H20FN5O. The van der Waals surface area contributed by atoms with Crippen LogP contribution in [-0.4, -0.2) is 33.0 Å². The van der Waals surface area contributed by atoms with Gasteiger partial charge in [0.15, 0.2) is 5.69 Å². The number of hydrogen-bond acceptors (Lipinski definition) is 4. The summed E-state index contributed by atoms with van der Waals surface area (Å²) in [6.07, 6.45) is 5.51. The molecular weight excluding hydrogens is 297 g/mol. The number of amides is 1. The van der Waals surface area contributed by atoms with Crippen LogP contribution in [0.4, 0.5) is 4.39 Å². The van der Waals surface area contributed by atoms with Crippen LogP contribution in [0.3, 0.4) is 0 Å². The van der Waals surface area contributed by atoms with Crippen LogP contribution in [0.1, 0.15) is 41.7 Å². The van der Waals surface area contributed by atoms with E-state index in [9.17, 15) is 9.18 Å². The number of hydrogen-bond donors (Lipinski definition) is 2. The van der Waals surface area contributed by atoms with E-state index in [1.165, 1.54) is 16.8 Å². The zero-order valence-electron chi connectivity index (χ0n) is 12.8. The summed E-state index contributed by atoms with van der Waals surface area (Å²) in [6, 6.07) is 6.26. The highest BCUT2D eigenvalue weighted by molar-refractivity contribution is 5.92. The third kappa shape index (κ3) is 3.56. The summed E-state index contributed by atoms with van der Waals surface area (Å²) in [5, 5.41) is 10.9. The average Bonchev–Trinajstić information content (AvgIpc) is 3.17. The molecule has 1 aromatic heterocycles. The van der Waals surface area contributed by atoms with Crippen molar-refractivity contribution in [3.63, 3.8) is 0 Å². The molecule has 0 spiro atoms. The van der Waals surface area contributed by atoms with Gasteiger partial charge in [-0.1, -0.05) is 30.2 Å². The first-order chi connectivity index (χ1) is 11.1. The summed E-state index contributed by atoms with van der Waals surface area (Å²) < 4.78 is 14.7. The first-order valence-corrected chi connectivity index (χ1v) is 7.77. The topological polar surface area (TPSA) is 85.8 Å². The Morgan fingerprint density at radius 1 is 1.39 bits per heavy atom. The van der Waals surface area contributed by atoms with Gasteiger partial charge in [0.25, 0.3) is 5.91 Å². The molecule has 0 radical (unpaired) electrons. The molecule has 3 N–H and O–H groups in total. The van der Waals surface area contributed by atoms with Gasteiger partial charge in [0.05, 0.1) is 18.3 Å². The lowest BCUT2D eigenvalue weighted by molar-refractivity contribution is 0.0898. The molecule has 1 amide bonds. The van der Waals surface area contributed by atoms with Crippen LogP contribution in [0.5, 0.6) is 0 Å². The molecule has 7 heteroatoms. The van der Waals surface area contributed by atoms with Crippen molar-refractivity contribution < 1.29 is 9.18 Å². The van der Waals surface area contributed by atoms with E-state index in [0.717, 1.165) is 31.2 Å². The standard InChI is InChI=1S/C16H20FN5O/c17-13-5-3-4-12(8-13)9-22-10-14(20-21-22)15(23)19-16(11-18)6-1-2-7-16/h3-5,8,10H,1-2,6-7,9,11,18H2,(H,19,23). The Bertz CT molecular complexity index is 693. The molecule has 6 nitrogen and oxygen atoms in total. The number of benzene rings is 1. The Morgan fingerprint density at radius 3 is 2.87 bits per heavy atom. The fraction of sp³-hybridized carbons (Fsp3) is 0.438. The second-order valence-corrected chi connectivity index (χ2v) is 6.08. The van der Waals surface area contributed by atoms with E-state index < -0.39 is 0 Å².